The zero-order valence-electron chi connectivity index (χ0n) is 14.0. The molecule has 0 bridgehead atoms. The molecule has 1 heterocycles. The molecule has 0 aromatic heterocycles. The van der Waals surface area contributed by atoms with Crippen LogP contribution < -0.4 is 14.9 Å². The lowest BCUT2D eigenvalue weighted by molar-refractivity contribution is -0.384. The number of carbonyl (C=O) groups excluding carboxylic acids is 1. The molecule has 1 atom stereocenters. The fraction of sp³-hybridized carbons (Fsp3) is 0.222. The number of nitrogens with one attached hydrogen (secondary N) is 1. The van der Waals surface area contributed by atoms with E-state index in [4.69, 9.17) is 9.47 Å². The van der Waals surface area contributed by atoms with Crippen molar-refractivity contribution in [1.29, 1.82) is 0 Å². The zero-order chi connectivity index (χ0) is 18.5. The summed E-state index contributed by atoms with van der Waals surface area (Å²) in [7, 11) is 0. The zero-order valence-corrected chi connectivity index (χ0v) is 14.0. The maximum atomic E-state index is 12.0. The van der Waals surface area contributed by atoms with E-state index in [1.54, 1.807) is 6.21 Å². The van der Waals surface area contributed by atoms with Crippen LogP contribution in [0.1, 0.15) is 22.8 Å². The van der Waals surface area contributed by atoms with E-state index in [1.165, 1.54) is 24.3 Å². The number of nitro benzene ring substituents is 1. The number of carbonyl (C=O) groups is 1. The van der Waals surface area contributed by atoms with Crippen LogP contribution in [0.15, 0.2) is 47.6 Å². The van der Waals surface area contributed by atoms with Gasteiger partial charge in [-0.3, -0.25) is 14.9 Å². The molecule has 1 amide bonds. The molecule has 0 fully saturated rings. The summed E-state index contributed by atoms with van der Waals surface area (Å²) in [5, 5.41) is 14.6. The number of fused-ring (bicyclic) bond motifs is 1. The highest BCUT2D eigenvalue weighted by Crippen LogP contribution is 2.32. The minimum Gasteiger partial charge on any atom is -0.454 e. The standard InChI is InChI=1S/C18H17N3O5/c1-12(8-13-2-7-16-17(9-13)26-11-25-16)10-19-20-18(22)14-3-5-15(6-4-14)21(23)24/h2-7,9-10,12H,8,11H2,1H3,(H,20,22)/b19-10+. The van der Waals surface area contributed by atoms with Crippen LogP contribution in [0.2, 0.25) is 0 Å². The molecular weight excluding hydrogens is 338 g/mol. The normalized spacial score (nSPS) is 13.6. The lowest BCUT2D eigenvalue weighted by Gasteiger charge is -2.07. The molecule has 2 aromatic carbocycles. The van der Waals surface area contributed by atoms with E-state index < -0.39 is 10.8 Å². The number of hydrazone groups is 1. The van der Waals surface area contributed by atoms with Crippen molar-refractivity contribution in [3.05, 3.63) is 63.7 Å². The fourth-order valence-electron chi connectivity index (χ4n) is 2.51. The second-order valence-corrected chi connectivity index (χ2v) is 5.89. The number of nitrogens with zero attached hydrogens (tertiary/aromatic N) is 2. The second kappa shape index (κ2) is 7.64. The first-order chi connectivity index (χ1) is 12.5. The Labute approximate surface area is 149 Å². The Morgan fingerprint density at radius 2 is 2.00 bits per heavy atom. The molecule has 1 unspecified atom stereocenters. The van der Waals surface area contributed by atoms with E-state index in [9.17, 15) is 14.9 Å². The third-order valence-corrected chi connectivity index (χ3v) is 3.83. The highest BCUT2D eigenvalue weighted by molar-refractivity contribution is 5.94. The second-order valence-electron chi connectivity index (χ2n) is 5.89. The van der Waals surface area contributed by atoms with Crippen LogP contribution >= 0.6 is 0 Å². The van der Waals surface area contributed by atoms with E-state index in [1.807, 2.05) is 25.1 Å². The van der Waals surface area contributed by atoms with Gasteiger partial charge in [0.2, 0.25) is 6.79 Å². The van der Waals surface area contributed by atoms with Gasteiger partial charge in [-0.05, 0) is 42.2 Å². The molecule has 0 saturated heterocycles. The molecule has 0 saturated carbocycles. The summed E-state index contributed by atoms with van der Waals surface area (Å²) < 4.78 is 10.6. The van der Waals surface area contributed by atoms with Crippen molar-refractivity contribution in [2.75, 3.05) is 6.79 Å². The van der Waals surface area contributed by atoms with Crippen molar-refractivity contribution in [3.63, 3.8) is 0 Å². The Hall–Kier alpha value is -3.42. The Morgan fingerprint density at radius 3 is 2.73 bits per heavy atom. The Bertz CT molecular complexity index is 848. The summed E-state index contributed by atoms with van der Waals surface area (Å²) in [4.78, 5) is 22.1. The maximum Gasteiger partial charge on any atom is 0.271 e. The number of nitro groups is 1. The Morgan fingerprint density at radius 1 is 1.27 bits per heavy atom. The first-order valence-electron chi connectivity index (χ1n) is 7.99. The molecule has 1 aliphatic heterocycles. The molecular formula is C18H17N3O5. The van der Waals surface area contributed by atoms with Crippen molar-refractivity contribution in [1.82, 2.24) is 5.43 Å². The van der Waals surface area contributed by atoms with Crippen LogP contribution in [0.3, 0.4) is 0 Å². The van der Waals surface area contributed by atoms with Crippen LogP contribution in [-0.2, 0) is 6.42 Å². The lowest BCUT2D eigenvalue weighted by atomic mass is 10.0. The summed E-state index contributed by atoms with van der Waals surface area (Å²) in [5.74, 6) is 1.14. The third-order valence-electron chi connectivity index (χ3n) is 3.83. The van der Waals surface area contributed by atoms with E-state index in [2.05, 4.69) is 10.5 Å². The number of rotatable bonds is 6. The van der Waals surface area contributed by atoms with E-state index in [-0.39, 0.29) is 18.4 Å². The number of ether oxygens (including phenoxy) is 2. The summed E-state index contributed by atoms with van der Waals surface area (Å²) in [6, 6.07) is 11.1. The van der Waals surface area contributed by atoms with Gasteiger partial charge in [0, 0.05) is 23.9 Å². The molecule has 1 N–H and O–H groups in total. The van der Waals surface area contributed by atoms with Crippen LogP contribution in [0, 0.1) is 16.0 Å². The minimum absolute atomic E-state index is 0.0672. The monoisotopic (exact) mass is 355 g/mol. The van der Waals surface area contributed by atoms with Crippen molar-refractivity contribution in [3.8, 4) is 11.5 Å². The van der Waals surface area contributed by atoms with Gasteiger partial charge in [-0.2, -0.15) is 5.10 Å². The predicted octanol–water partition coefficient (Wildman–Crippen LogP) is 2.92. The predicted molar refractivity (Wildman–Crippen MR) is 94.5 cm³/mol. The van der Waals surface area contributed by atoms with Gasteiger partial charge in [0.05, 0.1) is 4.92 Å². The van der Waals surface area contributed by atoms with Crippen molar-refractivity contribution < 1.29 is 19.2 Å². The van der Waals surface area contributed by atoms with Gasteiger partial charge >= 0.3 is 0 Å². The van der Waals surface area contributed by atoms with Crippen LogP contribution in [0.25, 0.3) is 0 Å². The first-order valence-corrected chi connectivity index (χ1v) is 7.99. The number of benzene rings is 2. The summed E-state index contributed by atoms with van der Waals surface area (Å²) in [5.41, 5.74) is 3.74. The molecule has 0 spiro atoms. The molecule has 1 aliphatic rings. The molecule has 8 nitrogen and oxygen atoms in total. The maximum absolute atomic E-state index is 12.0. The summed E-state index contributed by atoms with van der Waals surface area (Å²) >= 11 is 0. The molecule has 0 radical (unpaired) electrons. The van der Waals surface area contributed by atoms with Gasteiger partial charge in [0.15, 0.2) is 11.5 Å². The number of hydrogen-bond acceptors (Lipinski definition) is 6. The molecule has 26 heavy (non-hydrogen) atoms. The van der Waals surface area contributed by atoms with Crippen molar-refractivity contribution >= 4 is 17.8 Å². The van der Waals surface area contributed by atoms with Gasteiger partial charge < -0.3 is 9.47 Å². The topological polar surface area (TPSA) is 103 Å². The quantitative estimate of drug-likeness (QED) is 0.487. The van der Waals surface area contributed by atoms with E-state index in [0.717, 1.165) is 23.5 Å². The molecule has 134 valence electrons. The molecule has 2 aromatic rings. The number of non-ortho nitro benzene ring substituents is 1. The third kappa shape index (κ3) is 4.15. The average molecular weight is 355 g/mol. The molecule has 3 rings (SSSR count). The number of amides is 1. The van der Waals surface area contributed by atoms with Gasteiger partial charge in [0.1, 0.15) is 0 Å². The van der Waals surface area contributed by atoms with Crippen LogP contribution in [-0.4, -0.2) is 23.8 Å². The van der Waals surface area contributed by atoms with Gasteiger partial charge in [-0.15, -0.1) is 0 Å². The minimum atomic E-state index is -0.516. The average Bonchev–Trinajstić information content (AvgIpc) is 3.09. The van der Waals surface area contributed by atoms with Gasteiger partial charge in [-0.1, -0.05) is 13.0 Å². The summed E-state index contributed by atoms with van der Waals surface area (Å²) in [6.45, 7) is 2.22. The van der Waals surface area contributed by atoms with Crippen molar-refractivity contribution in [2.45, 2.75) is 13.3 Å². The SMILES string of the molecule is CC(/C=N/NC(=O)c1ccc([N+](=O)[O-])cc1)Cc1ccc2c(c1)OCO2. The van der Waals surface area contributed by atoms with Crippen LogP contribution in [0.5, 0.6) is 11.5 Å². The van der Waals surface area contributed by atoms with Crippen molar-refractivity contribution in [2.24, 2.45) is 11.0 Å². The first kappa shape index (κ1) is 17.4. The Balaban J connectivity index is 1.52. The van der Waals surface area contributed by atoms with E-state index in [0.29, 0.717) is 5.56 Å². The molecule has 8 heteroatoms. The Kier molecular flexibility index (Phi) is 5.12. The fourth-order valence-corrected chi connectivity index (χ4v) is 2.51. The smallest absolute Gasteiger partial charge is 0.271 e. The number of hydrogen-bond donors (Lipinski definition) is 1. The highest BCUT2D eigenvalue weighted by Gasteiger charge is 2.14. The summed E-state index contributed by atoms with van der Waals surface area (Å²) in [6.07, 6.45) is 2.38. The lowest BCUT2D eigenvalue weighted by Crippen LogP contribution is -2.18. The van der Waals surface area contributed by atoms with Gasteiger partial charge in [-0.25, -0.2) is 5.43 Å². The van der Waals surface area contributed by atoms with Gasteiger partial charge in [0.25, 0.3) is 11.6 Å². The van der Waals surface area contributed by atoms with Crippen LogP contribution in [0.4, 0.5) is 5.69 Å². The molecule has 0 aliphatic carbocycles. The van der Waals surface area contributed by atoms with E-state index >= 15 is 0 Å². The largest absolute Gasteiger partial charge is 0.454 e. The highest BCUT2D eigenvalue weighted by atomic mass is 16.7.